The zero-order valence-corrected chi connectivity index (χ0v) is 17.4. The first kappa shape index (κ1) is 21.8. The second-order valence-electron chi connectivity index (χ2n) is 6.46. The summed E-state index contributed by atoms with van der Waals surface area (Å²) in [4.78, 5) is 12.4. The van der Waals surface area contributed by atoms with Crippen molar-refractivity contribution in [2.45, 2.75) is 6.61 Å². The molecule has 1 amide bonds. The molecule has 0 bridgehead atoms. The summed E-state index contributed by atoms with van der Waals surface area (Å²) in [6.45, 7) is 0.268. The SMILES string of the molecule is COc1cc(/C=C(/C#N)C(=O)Nc2ccc(O)cc2)ccc1OCc1ccccc1Cl. The molecule has 3 aromatic rings. The van der Waals surface area contributed by atoms with Gasteiger partial charge in [-0.15, -0.1) is 0 Å². The Morgan fingerprint density at radius 1 is 1.13 bits per heavy atom. The van der Waals surface area contributed by atoms with Gasteiger partial charge in [-0.2, -0.15) is 5.26 Å². The molecule has 0 fully saturated rings. The molecule has 0 saturated heterocycles. The number of nitrogens with zero attached hydrogens (tertiary/aromatic N) is 1. The lowest BCUT2D eigenvalue weighted by Crippen LogP contribution is -2.13. The largest absolute Gasteiger partial charge is 0.508 e. The number of ether oxygens (including phenoxy) is 2. The number of hydrogen-bond donors (Lipinski definition) is 2. The van der Waals surface area contributed by atoms with Crippen molar-refractivity contribution in [2.75, 3.05) is 12.4 Å². The molecule has 3 rings (SSSR count). The summed E-state index contributed by atoms with van der Waals surface area (Å²) in [6.07, 6.45) is 1.45. The van der Waals surface area contributed by atoms with Gasteiger partial charge in [-0.25, -0.2) is 0 Å². The number of benzene rings is 3. The highest BCUT2D eigenvalue weighted by Gasteiger charge is 2.12. The summed E-state index contributed by atoms with van der Waals surface area (Å²) in [5, 5.41) is 22.0. The summed E-state index contributed by atoms with van der Waals surface area (Å²) in [7, 11) is 1.51. The van der Waals surface area contributed by atoms with E-state index in [1.165, 1.54) is 37.5 Å². The molecule has 0 aliphatic carbocycles. The fraction of sp³-hybridized carbons (Fsp3) is 0.0833. The van der Waals surface area contributed by atoms with Gasteiger partial charge in [0.15, 0.2) is 11.5 Å². The number of methoxy groups -OCH3 is 1. The average Bonchev–Trinajstić information content (AvgIpc) is 2.78. The second-order valence-corrected chi connectivity index (χ2v) is 6.87. The molecule has 0 aromatic heterocycles. The van der Waals surface area contributed by atoms with Crippen LogP contribution < -0.4 is 14.8 Å². The van der Waals surface area contributed by atoms with E-state index < -0.39 is 5.91 Å². The van der Waals surface area contributed by atoms with Gasteiger partial charge in [-0.3, -0.25) is 4.79 Å². The number of hydrogen-bond acceptors (Lipinski definition) is 5. The predicted octanol–water partition coefficient (Wildman–Crippen LogP) is 5.18. The lowest BCUT2D eigenvalue weighted by atomic mass is 10.1. The van der Waals surface area contributed by atoms with Crippen molar-refractivity contribution < 1.29 is 19.4 Å². The normalized spacial score (nSPS) is 10.8. The Morgan fingerprint density at radius 2 is 1.87 bits per heavy atom. The lowest BCUT2D eigenvalue weighted by Gasteiger charge is -2.12. The maximum absolute atomic E-state index is 12.4. The summed E-state index contributed by atoms with van der Waals surface area (Å²) in [5.41, 5.74) is 1.82. The molecule has 0 atom stereocenters. The molecule has 31 heavy (non-hydrogen) atoms. The number of carbonyl (C=O) groups excluding carboxylic acids is 1. The quantitative estimate of drug-likeness (QED) is 0.304. The minimum absolute atomic E-state index is 0.0815. The van der Waals surface area contributed by atoms with E-state index in [0.717, 1.165) is 5.56 Å². The number of aromatic hydroxyl groups is 1. The van der Waals surface area contributed by atoms with Gasteiger partial charge in [0.05, 0.1) is 7.11 Å². The molecule has 0 unspecified atom stereocenters. The van der Waals surface area contributed by atoms with Gasteiger partial charge in [-0.1, -0.05) is 35.9 Å². The van der Waals surface area contributed by atoms with Crippen LogP contribution in [0, 0.1) is 11.3 Å². The number of rotatable bonds is 7. The van der Waals surface area contributed by atoms with Crippen LogP contribution in [-0.4, -0.2) is 18.1 Å². The van der Waals surface area contributed by atoms with E-state index in [4.69, 9.17) is 21.1 Å². The molecular formula is C24H19ClN2O4. The number of nitrogens with one attached hydrogen (secondary N) is 1. The van der Waals surface area contributed by atoms with Crippen molar-refractivity contribution in [3.8, 4) is 23.3 Å². The number of phenolic OH excluding ortho intramolecular Hbond substituents is 1. The van der Waals surface area contributed by atoms with Crippen LogP contribution in [0.5, 0.6) is 17.2 Å². The van der Waals surface area contributed by atoms with Crippen molar-refractivity contribution in [2.24, 2.45) is 0 Å². The van der Waals surface area contributed by atoms with Crippen LogP contribution in [0.2, 0.25) is 5.02 Å². The van der Waals surface area contributed by atoms with E-state index in [9.17, 15) is 15.2 Å². The Hall–Kier alpha value is -3.95. The van der Waals surface area contributed by atoms with Crippen LogP contribution in [-0.2, 0) is 11.4 Å². The van der Waals surface area contributed by atoms with Crippen LogP contribution in [0.15, 0.2) is 72.3 Å². The topological polar surface area (TPSA) is 91.6 Å². The van der Waals surface area contributed by atoms with Crippen LogP contribution >= 0.6 is 11.6 Å². The third-order valence-corrected chi connectivity index (χ3v) is 4.70. The highest BCUT2D eigenvalue weighted by atomic mass is 35.5. The molecule has 0 heterocycles. The van der Waals surface area contributed by atoms with Crippen LogP contribution in [0.4, 0.5) is 5.69 Å². The summed E-state index contributed by atoms with van der Waals surface area (Å²) >= 11 is 6.16. The van der Waals surface area contributed by atoms with E-state index in [1.54, 1.807) is 24.3 Å². The summed E-state index contributed by atoms with van der Waals surface area (Å²) in [5.74, 6) is 0.479. The van der Waals surface area contributed by atoms with Gasteiger partial charge < -0.3 is 19.9 Å². The van der Waals surface area contributed by atoms with Crippen molar-refractivity contribution in [3.63, 3.8) is 0 Å². The minimum atomic E-state index is -0.564. The van der Waals surface area contributed by atoms with Gasteiger partial charge >= 0.3 is 0 Å². The predicted molar refractivity (Wildman–Crippen MR) is 119 cm³/mol. The van der Waals surface area contributed by atoms with E-state index in [0.29, 0.717) is 27.8 Å². The monoisotopic (exact) mass is 434 g/mol. The zero-order chi connectivity index (χ0) is 22.2. The fourth-order valence-corrected chi connectivity index (χ4v) is 2.91. The van der Waals surface area contributed by atoms with E-state index in [2.05, 4.69) is 5.32 Å². The second kappa shape index (κ2) is 10.2. The van der Waals surface area contributed by atoms with Gasteiger partial charge in [0, 0.05) is 16.3 Å². The summed E-state index contributed by atoms with van der Waals surface area (Å²) in [6, 6.07) is 20.3. The Morgan fingerprint density at radius 3 is 2.55 bits per heavy atom. The first-order valence-electron chi connectivity index (χ1n) is 9.26. The number of phenols is 1. The molecule has 0 saturated carbocycles. The molecule has 156 valence electrons. The Labute approximate surface area is 184 Å². The van der Waals surface area contributed by atoms with Crippen molar-refractivity contribution in [3.05, 3.63) is 88.5 Å². The van der Waals surface area contributed by atoms with Crippen LogP contribution in [0.25, 0.3) is 6.08 Å². The number of anilines is 1. The Bertz CT molecular complexity index is 1150. The standard InChI is InChI=1S/C24H19ClN2O4/c1-30-23-13-16(6-11-22(23)31-15-17-4-2-3-5-21(17)25)12-18(14-26)24(29)27-19-7-9-20(28)10-8-19/h2-13,28H,15H2,1H3,(H,27,29)/b18-12-. The molecule has 3 aromatic carbocycles. The van der Waals surface area contributed by atoms with Crippen molar-refractivity contribution in [1.29, 1.82) is 5.26 Å². The molecule has 6 nitrogen and oxygen atoms in total. The smallest absolute Gasteiger partial charge is 0.266 e. The van der Waals surface area contributed by atoms with E-state index in [-0.39, 0.29) is 17.9 Å². The zero-order valence-electron chi connectivity index (χ0n) is 16.6. The first-order valence-corrected chi connectivity index (χ1v) is 9.64. The molecule has 0 aliphatic rings. The number of halogens is 1. The summed E-state index contributed by atoms with van der Waals surface area (Å²) < 4.78 is 11.2. The molecule has 0 aliphatic heterocycles. The maximum Gasteiger partial charge on any atom is 0.266 e. The lowest BCUT2D eigenvalue weighted by molar-refractivity contribution is -0.112. The maximum atomic E-state index is 12.4. The van der Waals surface area contributed by atoms with Crippen LogP contribution in [0.3, 0.4) is 0 Å². The fourth-order valence-electron chi connectivity index (χ4n) is 2.72. The Balaban J connectivity index is 1.75. The molecule has 7 heteroatoms. The van der Waals surface area contributed by atoms with E-state index >= 15 is 0 Å². The van der Waals surface area contributed by atoms with Gasteiger partial charge in [0.1, 0.15) is 24.0 Å². The van der Waals surface area contributed by atoms with E-state index in [1.807, 2.05) is 24.3 Å². The highest BCUT2D eigenvalue weighted by Crippen LogP contribution is 2.30. The number of amides is 1. The third kappa shape index (κ3) is 5.78. The van der Waals surface area contributed by atoms with Gasteiger partial charge in [-0.05, 0) is 54.1 Å². The molecule has 0 spiro atoms. The number of carbonyl (C=O) groups is 1. The molecule has 0 radical (unpaired) electrons. The average molecular weight is 435 g/mol. The van der Waals surface area contributed by atoms with Crippen LogP contribution in [0.1, 0.15) is 11.1 Å². The number of nitriles is 1. The minimum Gasteiger partial charge on any atom is -0.508 e. The molecular weight excluding hydrogens is 416 g/mol. The first-order chi connectivity index (χ1) is 15.0. The molecule has 2 N–H and O–H groups in total. The Kier molecular flexibility index (Phi) is 7.15. The third-order valence-electron chi connectivity index (χ3n) is 4.33. The van der Waals surface area contributed by atoms with Gasteiger partial charge in [0.2, 0.25) is 0 Å². The van der Waals surface area contributed by atoms with Crippen molar-refractivity contribution in [1.82, 2.24) is 0 Å². The van der Waals surface area contributed by atoms with Gasteiger partial charge in [0.25, 0.3) is 5.91 Å². The highest BCUT2D eigenvalue weighted by molar-refractivity contribution is 6.31. The van der Waals surface area contributed by atoms with Crippen molar-refractivity contribution >= 4 is 29.3 Å².